The molecule has 0 N–H and O–H groups in total. The van der Waals surface area contributed by atoms with Crippen molar-refractivity contribution in [1.82, 2.24) is 9.97 Å². The van der Waals surface area contributed by atoms with Gasteiger partial charge in [-0.05, 0) is 35.7 Å². The van der Waals surface area contributed by atoms with Crippen molar-refractivity contribution in [1.29, 1.82) is 5.26 Å². The number of halogens is 1. The Kier molecular flexibility index (Phi) is 5.58. The number of hydrogen-bond acceptors (Lipinski definition) is 6. The molecule has 126 valence electrons. The first-order valence-electron chi connectivity index (χ1n) is 7.43. The van der Waals surface area contributed by atoms with Crippen molar-refractivity contribution in [2.24, 2.45) is 0 Å². The standard InChI is InChI=1S/C17H13FN4OS2/c18-12-2-4-13(5-3-12)22(8-1-7-19)15(23)10-25-17-16-14(6-9-24-16)20-11-21-17/h2-6,9,11H,1,8,10H2. The molecule has 2 aromatic heterocycles. The fourth-order valence-electron chi connectivity index (χ4n) is 2.26. The molecular formula is C17H13FN4OS2. The number of thioether (sulfide) groups is 1. The van der Waals surface area contributed by atoms with E-state index in [-0.39, 0.29) is 30.4 Å². The molecular weight excluding hydrogens is 359 g/mol. The molecule has 0 saturated heterocycles. The fraction of sp³-hybridized carbons (Fsp3) is 0.176. The zero-order chi connectivity index (χ0) is 17.6. The molecule has 0 bridgehead atoms. The number of amides is 1. The number of thiophene rings is 1. The van der Waals surface area contributed by atoms with E-state index in [9.17, 15) is 9.18 Å². The van der Waals surface area contributed by atoms with Crippen LogP contribution in [0.3, 0.4) is 0 Å². The number of carbonyl (C=O) groups is 1. The highest BCUT2D eigenvalue weighted by Gasteiger charge is 2.17. The molecule has 0 atom stereocenters. The van der Waals surface area contributed by atoms with E-state index in [2.05, 4.69) is 9.97 Å². The Morgan fingerprint density at radius 2 is 2.08 bits per heavy atom. The van der Waals surface area contributed by atoms with Crippen LogP contribution in [-0.2, 0) is 4.79 Å². The van der Waals surface area contributed by atoms with Crippen molar-refractivity contribution in [3.05, 3.63) is 47.9 Å². The summed E-state index contributed by atoms with van der Waals surface area (Å²) in [5.41, 5.74) is 1.43. The summed E-state index contributed by atoms with van der Waals surface area (Å²) in [7, 11) is 0. The van der Waals surface area contributed by atoms with Gasteiger partial charge >= 0.3 is 0 Å². The minimum absolute atomic E-state index is 0.157. The Balaban J connectivity index is 1.75. The lowest BCUT2D eigenvalue weighted by molar-refractivity contribution is -0.116. The Morgan fingerprint density at radius 3 is 2.84 bits per heavy atom. The van der Waals surface area contributed by atoms with E-state index in [1.807, 2.05) is 17.5 Å². The first-order valence-corrected chi connectivity index (χ1v) is 9.29. The first-order chi connectivity index (χ1) is 12.2. The van der Waals surface area contributed by atoms with Crippen LogP contribution < -0.4 is 4.90 Å². The number of rotatable bonds is 6. The number of benzene rings is 1. The lowest BCUT2D eigenvalue weighted by Crippen LogP contribution is -2.33. The van der Waals surface area contributed by atoms with Crippen LogP contribution in [0, 0.1) is 17.1 Å². The Morgan fingerprint density at radius 1 is 1.28 bits per heavy atom. The molecule has 3 aromatic rings. The maximum Gasteiger partial charge on any atom is 0.237 e. The van der Waals surface area contributed by atoms with Crippen molar-refractivity contribution in [3.63, 3.8) is 0 Å². The summed E-state index contributed by atoms with van der Waals surface area (Å²) in [6.45, 7) is 0.264. The van der Waals surface area contributed by atoms with Crippen LogP contribution >= 0.6 is 23.1 Å². The van der Waals surface area contributed by atoms with Gasteiger partial charge in [-0.2, -0.15) is 5.26 Å². The second-order valence-corrected chi connectivity index (χ2v) is 6.91. The van der Waals surface area contributed by atoms with E-state index in [4.69, 9.17) is 5.26 Å². The van der Waals surface area contributed by atoms with E-state index in [0.717, 1.165) is 15.2 Å². The normalized spacial score (nSPS) is 10.6. The second-order valence-electron chi connectivity index (χ2n) is 5.03. The maximum atomic E-state index is 13.1. The number of fused-ring (bicyclic) bond motifs is 1. The fourth-order valence-corrected chi connectivity index (χ4v) is 4.08. The zero-order valence-electron chi connectivity index (χ0n) is 13.1. The average Bonchev–Trinajstić information content (AvgIpc) is 3.11. The Labute approximate surface area is 152 Å². The van der Waals surface area contributed by atoms with Gasteiger partial charge in [-0.1, -0.05) is 11.8 Å². The predicted octanol–water partition coefficient (Wildman–Crippen LogP) is 3.87. The smallest absolute Gasteiger partial charge is 0.237 e. The molecule has 5 nitrogen and oxygen atoms in total. The van der Waals surface area contributed by atoms with E-state index in [0.29, 0.717) is 5.69 Å². The Hall–Kier alpha value is -2.50. The minimum atomic E-state index is -0.369. The first kappa shape index (κ1) is 17.3. The third-order valence-electron chi connectivity index (χ3n) is 3.43. The minimum Gasteiger partial charge on any atom is -0.311 e. The number of aromatic nitrogens is 2. The maximum absolute atomic E-state index is 13.1. The summed E-state index contributed by atoms with van der Waals surface area (Å²) in [5.74, 6) is -0.352. The zero-order valence-corrected chi connectivity index (χ0v) is 14.7. The van der Waals surface area contributed by atoms with E-state index in [1.165, 1.54) is 58.6 Å². The monoisotopic (exact) mass is 372 g/mol. The van der Waals surface area contributed by atoms with Gasteiger partial charge < -0.3 is 4.90 Å². The average molecular weight is 372 g/mol. The highest BCUT2D eigenvalue weighted by Crippen LogP contribution is 2.29. The highest BCUT2D eigenvalue weighted by atomic mass is 32.2. The summed E-state index contributed by atoms with van der Waals surface area (Å²) < 4.78 is 14.1. The van der Waals surface area contributed by atoms with Crippen LogP contribution in [0.5, 0.6) is 0 Å². The molecule has 0 fully saturated rings. The van der Waals surface area contributed by atoms with Gasteiger partial charge in [0.25, 0.3) is 0 Å². The number of nitrogens with zero attached hydrogens (tertiary/aromatic N) is 4. The van der Waals surface area contributed by atoms with Gasteiger partial charge in [-0.25, -0.2) is 14.4 Å². The molecule has 25 heavy (non-hydrogen) atoms. The number of anilines is 1. The molecule has 1 aromatic carbocycles. The summed E-state index contributed by atoms with van der Waals surface area (Å²) in [5, 5.41) is 11.5. The van der Waals surface area contributed by atoms with Crippen molar-refractivity contribution >= 4 is 44.9 Å². The molecule has 0 aliphatic rings. The molecule has 8 heteroatoms. The molecule has 0 radical (unpaired) electrons. The van der Waals surface area contributed by atoms with Gasteiger partial charge in [0.05, 0.1) is 28.5 Å². The topological polar surface area (TPSA) is 69.9 Å². The van der Waals surface area contributed by atoms with Crippen molar-refractivity contribution in [2.45, 2.75) is 11.4 Å². The van der Waals surface area contributed by atoms with E-state index in [1.54, 1.807) is 0 Å². The number of hydrogen-bond donors (Lipinski definition) is 0. The van der Waals surface area contributed by atoms with Gasteiger partial charge in [-0.15, -0.1) is 11.3 Å². The second kappa shape index (κ2) is 8.05. The van der Waals surface area contributed by atoms with E-state index < -0.39 is 0 Å². The van der Waals surface area contributed by atoms with E-state index >= 15 is 0 Å². The molecule has 0 aliphatic heterocycles. The molecule has 0 spiro atoms. The summed E-state index contributed by atoms with van der Waals surface area (Å²) in [6, 6.07) is 9.62. The van der Waals surface area contributed by atoms with Gasteiger partial charge in [0.1, 0.15) is 17.2 Å². The van der Waals surface area contributed by atoms with Crippen LogP contribution in [-0.4, -0.2) is 28.2 Å². The molecule has 3 rings (SSSR count). The van der Waals surface area contributed by atoms with Crippen LogP contribution in [0.15, 0.2) is 47.1 Å². The predicted molar refractivity (Wildman–Crippen MR) is 97.1 cm³/mol. The molecule has 0 saturated carbocycles. The van der Waals surface area contributed by atoms with Crippen LogP contribution in [0.1, 0.15) is 6.42 Å². The molecule has 0 aliphatic carbocycles. The van der Waals surface area contributed by atoms with Crippen molar-refractivity contribution in [3.8, 4) is 6.07 Å². The van der Waals surface area contributed by atoms with Crippen molar-refractivity contribution < 1.29 is 9.18 Å². The number of nitriles is 1. The van der Waals surface area contributed by atoms with Gasteiger partial charge in [0, 0.05) is 12.2 Å². The van der Waals surface area contributed by atoms with Crippen LogP contribution in [0.2, 0.25) is 0 Å². The van der Waals surface area contributed by atoms with Crippen LogP contribution in [0.25, 0.3) is 10.2 Å². The highest BCUT2D eigenvalue weighted by molar-refractivity contribution is 8.00. The third-order valence-corrected chi connectivity index (χ3v) is 5.44. The molecule has 2 heterocycles. The van der Waals surface area contributed by atoms with Gasteiger partial charge in [0.15, 0.2) is 0 Å². The molecule has 1 amide bonds. The lowest BCUT2D eigenvalue weighted by Gasteiger charge is -2.21. The summed E-state index contributed by atoms with van der Waals surface area (Å²) in [4.78, 5) is 22.6. The van der Waals surface area contributed by atoms with Gasteiger partial charge in [0.2, 0.25) is 5.91 Å². The summed E-state index contributed by atoms with van der Waals surface area (Å²) >= 11 is 2.86. The van der Waals surface area contributed by atoms with Gasteiger partial charge in [-0.3, -0.25) is 4.79 Å². The Bertz CT molecular complexity index is 920. The summed E-state index contributed by atoms with van der Waals surface area (Å²) in [6.07, 6.45) is 1.69. The third kappa shape index (κ3) is 4.13. The lowest BCUT2D eigenvalue weighted by atomic mass is 10.2. The largest absolute Gasteiger partial charge is 0.311 e. The number of carbonyl (C=O) groups excluding carboxylic acids is 1. The molecule has 0 unspecified atom stereocenters. The SMILES string of the molecule is N#CCCN(C(=O)CSc1ncnc2ccsc12)c1ccc(F)cc1. The quantitative estimate of drug-likeness (QED) is 0.485. The van der Waals surface area contributed by atoms with Crippen molar-refractivity contribution in [2.75, 3.05) is 17.2 Å². The van der Waals surface area contributed by atoms with Crippen LogP contribution in [0.4, 0.5) is 10.1 Å².